The molecule has 1 aromatic carbocycles. The third kappa shape index (κ3) is 5.51. The van der Waals surface area contributed by atoms with Crippen LogP contribution in [0.5, 0.6) is 5.75 Å². The van der Waals surface area contributed by atoms with Gasteiger partial charge in [0.15, 0.2) is 17.0 Å². The topological polar surface area (TPSA) is 147 Å². The molecule has 204 valence electrons. The normalized spacial score (nSPS) is 25.7. The molecule has 1 aliphatic heterocycles. The Morgan fingerprint density at radius 1 is 1.37 bits per heavy atom. The van der Waals surface area contributed by atoms with Crippen LogP contribution in [0.2, 0.25) is 0 Å². The van der Waals surface area contributed by atoms with Gasteiger partial charge in [-0.25, -0.2) is 19.0 Å². The minimum Gasteiger partial charge on any atom is -0.413 e. The van der Waals surface area contributed by atoms with Crippen molar-refractivity contribution in [3.05, 3.63) is 36.7 Å². The first-order valence-corrected chi connectivity index (χ1v) is 14.0. The van der Waals surface area contributed by atoms with Crippen LogP contribution in [0.15, 0.2) is 36.7 Å². The standard InChI is InChI=1S/C24H31FN7O5P/c1-15-11-24(25,13-35-38(34,30-16(2)12-33)37-18-7-5-4-6-8-18)36-22(15)32-14-27-19-20(31(3)17-9-10-17)28-23(26)29-21(19)32/h4-8,12,14-17,22H,9-11,13H2,1-3H3,(H,30,34)(H2,26,28,29)/t15-,16-,22+,24-,38-/m0/s1. The summed E-state index contributed by atoms with van der Waals surface area (Å²) in [4.78, 5) is 26.4. The number of nitrogens with two attached hydrogens (primary N) is 1. The molecular weight excluding hydrogens is 516 g/mol. The second-order valence-corrected chi connectivity index (χ2v) is 11.6. The first-order chi connectivity index (χ1) is 18.1. The number of nitrogen functional groups attached to an aromatic ring is 1. The van der Waals surface area contributed by atoms with Gasteiger partial charge in [0.05, 0.1) is 12.4 Å². The first-order valence-electron chi connectivity index (χ1n) is 12.4. The number of nitrogens with one attached hydrogen (secondary N) is 1. The number of halogens is 1. The maximum absolute atomic E-state index is 16.0. The van der Waals surface area contributed by atoms with E-state index < -0.39 is 32.5 Å². The highest BCUT2D eigenvalue weighted by atomic mass is 31.2. The summed E-state index contributed by atoms with van der Waals surface area (Å²) in [7, 11) is -2.20. The predicted molar refractivity (Wildman–Crippen MR) is 138 cm³/mol. The van der Waals surface area contributed by atoms with E-state index in [0.717, 1.165) is 12.8 Å². The predicted octanol–water partition coefficient (Wildman–Crippen LogP) is 3.61. The number of hydrogen-bond acceptors (Lipinski definition) is 10. The summed E-state index contributed by atoms with van der Waals surface area (Å²) in [5.41, 5.74) is 6.98. The Labute approximate surface area is 219 Å². The third-order valence-corrected chi connectivity index (χ3v) is 8.20. The van der Waals surface area contributed by atoms with Crippen molar-refractivity contribution in [1.29, 1.82) is 0 Å². The molecule has 0 bridgehead atoms. The Balaban J connectivity index is 1.35. The van der Waals surface area contributed by atoms with Crippen LogP contribution in [0.3, 0.4) is 0 Å². The number of imidazole rings is 1. The largest absolute Gasteiger partial charge is 0.459 e. The summed E-state index contributed by atoms with van der Waals surface area (Å²) in [6.45, 7) is 2.61. The van der Waals surface area contributed by atoms with Gasteiger partial charge in [-0.3, -0.25) is 9.09 Å². The Bertz CT molecular complexity index is 1360. The van der Waals surface area contributed by atoms with Gasteiger partial charge >= 0.3 is 7.75 Å². The van der Waals surface area contributed by atoms with Gasteiger partial charge in [0.25, 0.3) is 0 Å². The van der Waals surface area contributed by atoms with Gasteiger partial charge in [-0.15, -0.1) is 0 Å². The molecule has 14 heteroatoms. The van der Waals surface area contributed by atoms with Crippen LogP contribution in [-0.2, 0) is 18.6 Å². The number of nitrogens with zero attached hydrogens (tertiary/aromatic N) is 5. The lowest BCUT2D eigenvalue weighted by Crippen LogP contribution is -2.33. The molecule has 0 unspecified atom stereocenters. The van der Waals surface area contributed by atoms with Crippen molar-refractivity contribution in [2.24, 2.45) is 5.92 Å². The number of carbonyl (C=O) groups is 1. The summed E-state index contributed by atoms with van der Waals surface area (Å²) < 4.78 is 47.9. The van der Waals surface area contributed by atoms with Crippen LogP contribution in [-0.4, -0.2) is 57.4 Å². The number of alkyl halides is 1. The van der Waals surface area contributed by atoms with E-state index in [0.29, 0.717) is 29.3 Å². The van der Waals surface area contributed by atoms with Crippen LogP contribution < -0.4 is 20.2 Å². The zero-order valence-corrected chi connectivity index (χ0v) is 22.3. The molecule has 3 heterocycles. The second kappa shape index (κ2) is 10.2. The molecule has 2 fully saturated rings. The smallest absolute Gasteiger partial charge is 0.413 e. The van der Waals surface area contributed by atoms with Gasteiger partial charge in [0, 0.05) is 25.4 Å². The van der Waals surface area contributed by atoms with Crippen molar-refractivity contribution in [2.75, 3.05) is 24.3 Å². The molecule has 12 nitrogen and oxygen atoms in total. The number of aldehydes is 1. The Morgan fingerprint density at radius 3 is 2.79 bits per heavy atom. The average Bonchev–Trinajstić information content (AvgIpc) is 3.58. The SMILES string of the molecule is C[C@@H](C=O)N[P@](=O)(OC[C@]1(F)C[C@H](C)[C@H](n2cnc3c(N(C)C4CC4)nc(N)nc32)O1)Oc1ccccc1. The summed E-state index contributed by atoms with van der Waals surface area (Å²) in [6.07, 6.45) is 3.38. The number of anilines is 2. The Hall–Kier alpha value is -3.12. The van der Waals surface area contributed by atoms with E-state index in [-0.39, 0.29) is 24.0 Å². The lowest BCUT2D eigenvalue weighted by Gasteiger charge is -2.26. The molecule has 0 spiro atoms. The summed E-state index contributed by atoms with van der Waals surface area (Å²) in [5.74, 6) is -1.69. The molecule has 0 amide bonds. The van der Waals surface area contributed by atoms with Gasteiger partial charge in [0.1, 0.15) is 24.9 Å². The number of aromatic nitrogens is 4. The minimum atomic E-state index is -4.14. The number of fused-ring (bicyclic) bond motifs is 1. The number of ether oxygens (including phenoxy) is 1. The molecule has 0 radical (unpaired) electrons. The fraction of sp³-hybridized carbons (Fsp3) is 0.500. The number of hydrogen-bond donors (Lipinski definition) is 2. The summed E-state index contributed by atoms with van der Waals surface area (Å²) in [5, 5.41) is 2.51. The fourth-order valence-electron chi connectivity index (χ4n) is 4.54. The number of para-hydroxylation sites is 1. The van der Waals surface area contributed by atoms with Gasteiger partial charge in [-0.2, -0.15) is 9.97 Å². The average molecular weight is 548 g/mol. The highest BCUT2D eigenvalue weighted by Gasteiger charge is 2.49. The lowest BCUT2D eigenvalue weighted by molar-refractivity contribution is -0.173. The molecule has 1 saturated carbocycles. The van der Waals surface area contributed by atoms with Gasteiger partial charge in [-0.1, -0.05) is 25.1 Å². The van der Waals surface area contributed by atoms with Gasteiger partial charge in [0.2, 0.25) is 11.8 Å². The monoisotopic (exact) mass is 547 g/mol. The van der Waals surface area contributed by atoms with E-state index >= 15 is 4.39 Å². The van der Waals surface area contributed by atoms with E-state index in [1.54, 1.807) is 34.9 Å². The molecule has 2 aliphatic rings. The molecule has 2 aromatic heterocycles. The Kier molecular flexibility index (Phi) is 7.12. The number of rotatable bonds is 11. The van der Waals surface area contributed by atoms with E-state index in [1.165, 1.54) is 13.3 Å². The van der Waals surface area contributed by atoms with Crippen molar-refractivity contribution in [3.63, 3.8) is 0 Å². The van der Waals surface area contributed by atoms with E-state index in [4.69, 9.17) is 19.5 Å². The quantitative estimate of drug-likeness (QED) is 0.268. The van der Waals surface area contributed by atoms with Crippen LogP contribution in [0.25, 0.3) is 11.2 Å². The van der Waals surface area contributed by atoms with Gasteiger partial charge < -0.3 is 24.7 Å². The number of benzene rings is 1. The van der Waals surface area contributed by atoms with Crippen LogP contribution in [0, 0.1) is 5.92 Å². The molecule has 3 N–H and O–H groups in total. The fourth-order valence-corrected chi connectivity index (χ4v) is 6.04. The van der Waals surface area contributed by atoms with Gasteiger partial charge in [-0.05, 0) is 31.9 Å². The molecule has 38 heavy (non-hydrogen) atoms. The molecular formula is C24H31FN7O5P. The third-order valence-electron chi connectivity index (χ3n) is 6.55. The first kappa shape index (κ1) is 26.5. The molecule has 3 aromatic rings. The summed E-state index contributed by atoms with van der Waals surface area (Å²) >= 11 is 0. The Morgan fingerprint density at radius 2 is 2.11 bits per heavy atom. The maximum Gasteiger partial charge on any atom is 0.459 e. The van der Waals surface area contributed by atoms with Crippen molar-refractivity contribution in [2.45, 2.75) is 57.3 Å². The molecule has 5 atom stereocenters. The molecule has 1 saturated heterocycles. The van der Waals surface area contributed by atoms with E-state index in [1.807, 2.05) is 18.9 Å². The second-order valence-electron chi connectivity index (χ2n) is 9.87. The van der Waals surface area contributed by atoms with Crippen LogP contribution in [0.4, 0.5) is 16.2 Å². The van der Waals surface area contributed by atoms with Crippen LogP contribution >= 0.6 is 7.75 Å². The molecule has 5 rings (SSSR count). The number of carbonyl (C=O) groups excluding carboxylic acids is 1. The highest BCUT2D eigenvalue weighted by Crippen LogP contribution is 2.49. The highest BCUT2D eigenvalue weighted by molar-refractivity contribution is 7.52. The van der Waals surface area contributed by atoms with E-state index in [2.05, 4.69) is 20.0 Å². The van der Waals surface area contributed by atoms with Crippen molar-refractivity contribution in [3.8, 4) is 5.75 Å². The van der Waals surface area contributed by atoms with Crippen molar-refractivity contribution in [1.82, 2.24) is 24.6 Å². The van der Waals surface area contributed by atoms with Crippen molar-refractivity contribution >= 4 is 37.0 Å². The van der Waals surface area contributed by atoms with E-state index in [9.17, 15) is 9.36 Å². The lowest BCUT2D eigenvalue weighted by atomic mass is 10.1. The van der Waals surface area contributed by atoms with Crippen LogP contribution in [0.1, 0.15) is 39.3 Å². The minimum absolute atomic E-state index is 0.0543. The summed E-state index contributed by atoms with van der Waals surface area (Å²) in [6, 6.07) is 7.80. The van der Waals surface area contributed by atoms with Crippen molar-refractivity contribution < 1.29 is 27.5 Å². The zero-order valence-electron chi connectivity index (χ0n) is 21.4. The molecule has 1 aliphatic carbocycles. The zero-order chi connectivity index (χ0) is 27.1. The maximum atomic E-state index is 16.0.